The molecule has 0 aromatic rings. The second-order valence-electron chi connectivity index (χ2n) is 5.16. The number of carboxylic acid groups (broad SMARTS) is 1. The lowest BCUT2D eigenvalue weighted by molar-refractivity contribution is -0.153. The Morgan fingerprint density at radius 2 is 1.79 bits per heavy atom. The molecular formula is C12H24N2O4S. The number of carboxylic acids is 1. The van der Waals surface area contributed by atoms with Crippen LogP contribution in [-0.4, -0.2) is 43.4 Å². The molecule has 0 saturated heterocycles. The maximum Gasteiger partial charge on any atom is 0.310 e. The molecule has 0 aliphatic heterocycles. The van der Waals surface area contributed by atoms with E-state index in [-0.39, 0.29) is 6.54 Å². The molecule has 1 fully saturated rings. The normalized spacial score (nSPS) is 18.3. The molecule has 0 unspecified atom stereocenters. The molecule has 1 saturated carbocycles. The highest BCUT2D eigenvalue weighted by Gasteiger charge is 2.45. The van der Waals surface area contributed by atoms with Gasteiger partial charge < -0.3 is 5.11 Å². The van der Waals surface area contributed by atoms with Crippen LogP contribution in [0.25, 0.3) is 0 Å². The second kappa shape index (κ2) is 6.67. The van der Waals surface area contributed by atoms with E-state index in [4.69, 9.17) is 0 Å². The molecule has 0 spiro atoms. The predicted molar refractivity (Wildman–Crippen MR) is 73.0 cm³/mol. The van der Waals surface area contributed by atoms with Gasteiger partial charge in [-0.2, -0.15) is 12.7 Å². The molecule has 0 aromatic heterocycles. The Morgan fingerprint density at radius 1 is 1.26 bits per heavy atom. The van der Waals surface area contributed by atoms with Crippen molar-refractivity contribution in [3.63, 3.8) is 0 Å². The third kappa shape index (κ3) is 3.90. The molecule has 0 amide bonds. The lowest BCUT2D eigenvalue weighted by Gasteiger charge is -2.38. The number of hydrogen-bond acceptors (Lipinski definition) is 3. The van der Waals surface area contributed by atoms with Gasteiger partial charge in [0, 0.05) is 19.6 Å². The fourth-order valence-corrected chi connectivity index (χ4v) is 3.73. The summed E-state index contributed by atoms with van der Waals surface area (Å²) in [5.74, 6) is -0.904. The van der Waals surface area contributed by atoms with E-state index >= 15 is 0 Å². The first kappa shape index (κ1) is 16.4. The Hall–Kier alpha value is -0.660. The third-order valence-corrected chi connectivity index (χ3v) is 5.20. The number of nitrogens with one attached hydrogen (secondary N) is 1. The van der Waals surface area contributed by atoms with E-state index in [1.54, 1.807) is 0 Å². The Bertz CT molecular complexity index is 398. The van der Waals surface area contributed by atoms with Gasteiger partial charge in [-0.1, -0.05) is 20.3 Å². The Kier molecular flexibility index (Phi) is 5.76. The quantitative estimate of drug-likeness (QED) is 0.668. The zero-order valence-electron chi connectivity index (χ0n) is 11.7. The summed E-state index contributed by atoms with van der Waals surface area (Å²) in [5, 5.41) is 9.18. The molecule has 6 nitrogen and oxygen atoms in total. The van der Waals surface area contributed by atoms with E-state index < -0.39 is 21.6 Å². The number of carbonyl (C=O) groups is 1. The molecule has 1 rings (SSSR count). The van der Waals surface area contributed by atoms with Crippen LogP contribution in [0.4, 0.5) is 0 Å². The summed E-state index contributed by atoms with van der Waals surface area (Å²) in [5.41, 5.74) is -0.892. The van der Waals surface area contributed by atoms with Crippen molar-refractivity contribution >= 4 is 16.2 Å². The summed E-state index contributed by atoms with van der Waals surface area (Å²) in [6, 6.07) is 0. The number of aliphatic carboxylic acids is 1. The maximum absolute atomic E-state index is 12.1. The molecular weight excluding hydrogens is 268 g/mol. The second-order valence-corrected chi connectivity index (χ2v) is 6.92. The van der Waals surface area contributed by atoms with Crippen molar-refractivity contribution in [2.45, 2.75) is 46.0 Å². The Labute approximate surface area is 115 Å². The summed E-state index contributed by atoms with van der Waals surface area (Å²) in [6.45, 7) is 4.76. The highest BCUT2D eigenvalue weighted by atomic mass is 32.2. The zero-order valence-corrected chi connectivity index (χ0v) is 12.5. The van der Waals surface area contributed by atoms with E-state index in [1.807, 2.05) is 13.8 Å². The first-order chi connectivity index (χ1) is 8.88. The van der Waals surface area contributed by atoms with Crippen molar-refractivity contribution in [2.24, 2.45) is 5.41 Å². The molecule has 19 heavy (non-hydrogen) atoms. The summed E-state index contributed by atoms with van der Waals surface area (Å²) < 4.78 is 28.1. The fraction of sp³-hybridized carbons (Fsp3) is 0.917. The van der Waals surface area contributed by atoms with Gasteiger partial charge in [-0.05, 0) is 25.7 Å². The van der Waals surface area contributed by atoms with Gasteiger partial charge in [-0.3, -0.25) is 4.79 Å². The van der Waals surface area contributed by atoms with Crippen LogP contribution in [-0.2, 0) is 15.0 Å². The van der Waals surface area contributed by atoms with Gasteiger partial charge in [0.1, 0.15) is 0 Å². The molecule has 7 heteroatoms. The van der Waals surface area contributed by atoms with E-state index in [1.165, 1.54) is 4.31 Å². The molecule has 0 radical (unpaired) electrons. The Morgan fingerprint density at radius 3 is 2.11 bits per heavy atom. The van der Waals surface area contributed by atoms with Crippen LogP contribution in [0.5, 0.6) is 0 Å². The standard InChI is InChI=1S/C12H24N2O4S/c1-3-8-14(9-4-2)19(17,18)13-10-12(11(15)16)6-5-7-12/h13H,3-10H2,1-2H3,(H,15,16). The van der Waals surface area contributed by atoms with E-state index in [0.717, 1.165) is 19.3 Å². The van der Waals surface area contributed by atoms with Crippen molar-refractivity contribution < 1.29 is 18.3 Å². The summed E-state index contributed by atoms with van der Waals surface area (Å²) in [6.07, 6.45) is 3.43. The van der Waals surface area contributed by atoms with Crippen LogP contribution in [0.3, 0.4) is 0 Å². The summed E-state index contributed by atoms with van der Waals surface area (Å²) in [4.78, 5) is 11.2. The van der Waals surface area contributed by atoms with Gasteiger partial charge in [0.15, 0.2) is 0 Å². The molecule has 2 N–H and O–H groups in total. The van der Waals surface area contributed by atoms with Crippen molar-refractivity contribution in [1.82, 2.24) is 9.03 Å². The molecule has 1 aliphatic carbocycles. The van der Waals surface area contributed by atoms with Crippen LogP contribution >= 0.6 is 0 Å². The molecule has 0 heterocycles. The SMILES string of the molecule is CCCN(CCC)S(=O)(=O)NCC1(C(=O)O)CCC1. The minimum absolute atomic E-state index is 0.00536. The highest BCUT2D eigenvalue weighted by molar-refractivity contribution is 7.87. The molecule has 0 aromatic carbocycles. The molecule has 1 aliphatic rings. The topological polar surface area (TPSA) is 86.7 Å². The Balaban J connectivity index is 2.65. The minimum atomic E-state index is -3.57. The van der Waals surface area contributed by atoms with Gasteiger partial charge >= 0.3 is 5.97 Å². The third-order valence-electron chi connectivity index (χ3n) is 3.64. The number of nitrogens with zero attached hydrogens (tertiary/aromatic N) is 1. The van der Waals surface area contributed by atoms with E-state index in [0.29, 0.717) is 25.9 Å². The average molecular weight is 292 g/mol. The largest absolute Gasteiger partial charge is 0.481 e. The molecule has 0 bridgehead atoms. The first-order valence-corrected chi connectivity index (χ1v) is 8.30. The van der Waals surface area contributed by atoms with Gasteiger partial charge in [0.05, 0.1) is 5.41 Å². The van der Waals surface area contributed by atoms with Crippen LogP contribution in [0.1, 0.15) is 46.0 Å². The van der Waals surface area contributed by atoms with Crippen molar-refractivity contribution in [3.8, 4) is 0 Å². The van der Waals surface area contributed by atoms with Crippen molar-refractivity contribution in [1.29, 1.82) is 0 Å². The number of rotatable bonds is 9. The zero-order chi connectivity index (χ0) is 14.5. The first-order valence-electron chi connectivity index (χ1n) is 6.86. The summed E-state index contributed by atoms with van der Waals surface area (Å²) >= 11 is 0. The predicted octanol–water partition coefficient (Wildman–Crippen LogP) is 1.20. The van der Waals surface area contributed by atoms with Crippen LogP contribution < -0.4 is 4.72 Å². The fourth-order valence-electron chi connectivity index (χ4n) is 2.24. The summed E-state index contributed by atoms with van der Waals surface area (Å²) in [7, 11) is -3.57. The lowest BCUT2D eigenvalue weighted by Crippen LogP contribution is -2.51. The van der Waals surface area contributed by atoms with Gasteiger partial charge in [0.2, 0.25) is 0 Å². The number of hydrogen-bond donors (Lipinski definition) is 2. The molecule has 112 valence electrons. The van der Waals surface area contributed by atoms with Crippen molar-refractivity contribution in [3.05, 3.63) is 0 Å². The van der Waals surface area contributed by atoms with E-state index in [2.05, 4.69) is 4.72 Å². The van der Waals surface area contributed by atoms with Crippen LogP contribution in [0, 0.1) is 5.41 Å². The molecule has 0 atom stereocenters. The minimum Gasteiger partial charge on any atom is -0.481 e. The van der Waals surface area contributed by atoms with Crippen LogP contribution in [0.2, 0.25) is 0 Å². The maximum atomic E-state index is 12.1. The monoisotopic (exact) mass is 292 g/mol. The lowest BCUT2D eigenvalue weighted by atomic mass is 9.69. The highest BCUT2D eigenvalue weighted by Crippen LogP contribution is 2.40. The van der Waals surface area contributed by atoms with Gasteiger partial charge in [-0.25, -0.2) is 4.72 Å². The van der Waals surface area contributed by atoms with Gasteiger partial charge in [-0.15, -0.1) is 0 Å². The smallest absolute Gasteiger partial charge is 0.310 e. The van der Waals surface area contributed by atoms with Crippen molar-refractivity contribution in [2.75, 3.05) is 19.6 Å². The average Bonchev–Trinajstić information content (AvgIpc) is 2.26. The van der Waals surface area contributed by atoms with E-state index in [9.17, 15) is 18.3 Å². The van der Waals surface area contributed by atoms with Crippen LogP contribution in [0.15, 0.2) is 0 Å². The van der Waals surface area contributed by atoms with Gasteiger partial charge in [0.25, 0.3) is 10.2 Å².